The zero-order chi connectivity index (χ0) is 14.4. The first kappa shape index (κ1) is 13.9. The van der Waals surface area contributed by atoms with Crippen LogP contribution >= 0.6 is 0 Å². The van der Waals surface area contributed by atoms with Crippen molar-refractivity contribution < 1.29 is 24.2 Å². The fraction of sp³-hybridized carbons (Fsp3) is 0.692. The van der Waals surface area contributed by atoms with Crippen molar-refractivity contribution in [3.63, 3.8) is 0 Å². The Labute approximate surface area is 112 Å². The van der Waals surface area contributed by atoms with Crippen LogP contribution in [0.5, 0.6) is 0 Å². The number of aliphatic hydroxyl groups is 1. The molecule has 0 saturated carbocycles. The number of rotatable bonds is 2. The van der Waals surface area contributed by atoms with Crippen LogP contribution in [-0.4, -0.2) is 47.4 Å². The Kier molecular flexibility index (Phi) is 3.30. The van der Waals surface area contributed by atoms with E-state index >= 15 is 0 Å². The largest absolute Gasteiger partial charge is 0.509 e. The average Bonchev–Trinajstić information content (AvgIpc) is 2.80. The number of carbonyl (C=O) groups is 2. The number of esters is 1. The molecule has 1 N–H and O–H groups in total. The number of amides is 1. The predicted molar refractivity (Wildman–Crippen MR) is 66.1 cm³/mol. The average molecular weight is 269 g/mol. The summed E-state index contributed by atoms with van der Waals surface area (Å²) in [5.41, 5.74) is -0.557. The Morgan fingerprint density at radius 3 is 2.68 bits per heavy atom. The smallest absolute Gasteiger partial charge is 0.347 e. The maximum Gasteiger partial charge on any atom is 0.347 e. The minimum Gasteiger partial charge on any atom is -0.509 e. The molecular weight excluding hydrogens is 250 g/mol. The van der Waals surface area contributed by atoms with Gasteiger partial charge < -0.3 is 14.6 Å². The van der Waals surface area contributed by atoms with Crippen molar-refractivity contribution in [1.82, 2.24) is 4.90 Å². The maximum atomic E-state index is 12.3. The van der Waals surface area contributed by atoms with E-state index in [1.807, 2.05) is 20.8 Å². The SMILES string of the molecule is CCOC(=O)C1=C(O)[C@H]2CO[C@H](C(C)(C)C)N2C1=O. The highest BCUT2D eigenvalue weighted by Gasteiger charge is 2.53. The van der Waals surface area contributed by atoms with Gasteiger partial charge in [0.15, 0.2) is 5.57 Å². The van der Waals surface area contributed by atoms with Gasteiger partial charge in [-0.3, -0.25) is 9.69 Å². The van der Waals surface area contributed by atoms with E-state index in [1.165, 1.54) is 4.90 Å². The molecule has 0 unspecified atom stereocenters. The summed E-state index contributed by atoms with van der Waals surface area (Å²) in [6, 6.07) is -0.573. The van der Waals surface area contributed by atoms with Crippen molar-refractivity contribution in [2.75, 3.05) is 13.2 Å². The fourth-order valence-electron chi connectivity index (χ4n) is 2.43. The molecule has 1 saturated heterocycles. The first-order valence-corrected chi connectivity index (χ1v) is 6.33. The van der Waals surface area contributed by atoms with E-state index in [-0.39, 0.29) is 30.0 Å². The molecule has 0 spiro atoms. The molecule has 106 valence electrons. The Bertz CT molecular complexity index is 448. The minimum absolute atomic E-state index is 0.159. The Hall–Kier alpha value is -1.56. The van der Waals surface area contributed by atoms with Crippen LogP contribution in [0.2, 0.25) is 0 Å². The summed E-state index contributed by atoms with van der Waals surface area (Å²) in [5.74, 6) is -1.53. The third-order valence-corrected chi connectivity index (χ3v) is 3.24. The van der Waals surface area contributed by atoms with Gasteiger partial charge in [-0.15, -0.1) is 0 Å². The predicted octanol–water partition coefficient (Wildman–Crippen LogP) is 0.975. The van der Waals surface area contributed by atoms with Crippen molar-refractivity contribution in [2.45, 2.75) is 40.0 Å². The summed E-state index contributed by atoms with van der Waals surface area (Å²) >= 11 is 0. The quantitative estimate of drug-likeness (QED) is 0.597. The number of fused-ring (bicyclic) bond motifs is 1. The molecule has 0 aromatic carbocycles. The number of hydrogen-bond acceptors (Lipinski definition) is 5. The molecule has 2 aliphatic rings. The van der Waals surface area contributed by atoms with Gasteiger partial charge in [0.1, 0.15) is 18.0 Å². The summed E-state index contributed by atoms with van der Waals surface area (Å²) in [6.07, 6.45) is -0.459. The second-order valence-corrected chi connectivity index (χ2v) is 5.76. The van der Waals surface area contributed by atoms with Gasteiger partial charge in [0.25, 0.3) is 5.91 Å². The van der Waals surface area contributed by atoms with Crippen molar-refractivity contribution in [3.8, 4) is 0 Å². The number of ether oxygens (including phenoxy) is 2. The minimum atomic E-state index is -0.771. The number of aliphatic hydroxyl groups excluding tert-OH is 1. The molecule has 1 fully saturated rings. The fourth-order valence-corrected chi connectivity index (χ4v) is 2.43. The highest BCUT2D eigenvalue weighted by Crippen LogP contribution is 2.39. The second-order valence-electron chi connectivity index (χ2n) is 5.76. The van der Waals surface area contributed by atoms with Gasteiger partial charge in [0, 0.05) is 5.41 Å². The summed E-state index contributed by atoms with van der Waals surface area (Å²) in [5, 5.41) is 10.0. The molecule has 6 nitrogen and oxygen atoms in total. The van der Waals surface area contributed by atoms with Crippen LogP contribution in [0.25, 0.3) is 0 Å². The van der Waals surface area contributed by atoms with E-state index in [9.17, 15) is 14.7 Å². The Balaban J connectivity index is 2.30. The molecular formula is C13H19NO5. The summed E-state index contributed by atoms with van der Waals surface area (Å²) in [7, 11) is 0. The monoisotopic (exact) mass is 269 g/mol. The van der Waals surface area contributed by atoms with E-state index in [1.54, 1.807) is 6.92 Å². The molecule has 19 heavy (non-hydrogen) atoms. The van der Waals surface area contributed by atoms with Crippen LogP contribution in [0.1, 0.15) is 27.7 Å². The zero-order valence-corrected chi connectivity index (χ0v) is 11.6. The summed E-state index contributed by atoms with van der Waals surface area (Å²) in [6.45, 7) is 7.82. The first-order valence-electron chi connectivity index (χ1n) is 6.33. The normalized spacial score (nSPS) is 26.9. The molecule has 2 aliphatic heterocycles. The van der Waals surface area contributed by atoms with Crippen LogP contribution in [-0.2, 0) is 19.1 Å². The lowest BCUT2D eigenvalue weighted by molar-refractivity contribution is -0.145. The standard InChI is InChI=1S/C13H19NO5/c1-5-18-11(17)8-9(15)7-6-19-12(13(2,3)4)14(7)10(8)16/h7,12,15H,5-6H2,1-4H3/t7-,12-/m1/s1. The molecule has 2 rings (SSSR count). The van der Waals surface area contributed by atoms with Gasteiger partial charge in [-0.25, -0.2) is 4.79 Å². The lowest BCUT2D eigenvalue weighted by atomic mass is 9.93. The second kappa shape index (κ2) is 4.52. The number of carbonyl (C=O) groups excluding carboxylic acids is 2. The van der Waals surface area contributed by atoms with Gasteiger partial charge in [-0.1, -0.05) is 20.8 Å². The van der Waals surface area contributed by atoms with Crippen LogP contribution in [0.15, 0.2) is 11.3 Å². The van der Waals surface area contributed by atoms with Crippen molar-refractivity contribution in [1.29, 1.82) is 0 Å². The lowest BCUT2D eigenvalue weighted by Crippen LogP contribution is -2.45. The van der Waals surface area contributed by atoms with Crippen LogP contribution < -0.4 is 0 Å². The Morgan fingerprint density at radius 2 is 2.16 bits per heavy atom. The lowest BCUT2D eigenvalue weighted by Gasteiger charge is -2.33. The molecule has 0 radical (unpaired) electrons. The molecule has 0 bridgehead atoms. The van der Waals surface area contributed by atoms with Crippen molar-refractivity contribution >= 4 is 11.9 Å². The van der Waals surface area contributed by atoms with Gasteiger partial charge in [-0.2, -0.15) is 0 Å². The van der Waals surface area contributed by atoms with E-state index in [0.717, 1.165) is 0 Å². The van der Waals surface area contributed by atoms with E-state index in [2.05, 4.69) is 0 Å². The van der Waals surface area contributed by atoms with Gasteiger partial charge in [0.05, 0.1) is 13.2 Å². The highest BCUT2D eigenvalue weighted by molar-refractivity contribution is 6.18. The Morgan fingerprint density at radius 1 is 1.53 bits per heavy atom. The van der Waals surface area contributed by atoms with Gasteiger partial charge in [-0.05, 0) is 6.92 Å². The van der Waals surface area contributed by atoms with E-state index in [4.69, 9.17) is 9.47 Å². The maximum absolute atomic E-state index is 12.3. The van der Waals surface area contributed by atoms with Crippen molar-refractivity contribution in [2.24, 2.45) is 5.41 Å². The van der Waals surface area contributed by atoms with Crippen LogP contribution in [0.3, 0.4) is 0 Å². The van der Waals surface area contributed by atoms with E-state index in [0.29, 0.717) is 0 Å². The first-order chi connectivity index (χ1) is 8.79. The summed E-state index contributed by atoms with van der Waals surface area (Å²) in [4.78, 5) is 25.5. The van der Waals surface area contributed by atoms with Crippen molar-refractivity contribution in [3.05, 3.63) is 11.3 Å². The summed E-state index contributed by atoms with van der Waals surface area (Å²) < 4.78 is 10.4. The van der Waals surface area contributed by atoms with Gasteiger partial charge in [0.2, 0.25) is 0 Å². The molecule has 1 amide bonds. The third kappa shape index (κ3) is 2.10. The van der Waals surface area contributed by atoms with E-state index < -0.39 is 24.1 Å². The number of hydrogen-bond donors (Lipinski definition) is 1. The highest BCUT2D eigenvalue weighted by atomic mass is 16.5. The van der Waals surface area contributed by atoms with Gasteiger partial charge >= 0.3 is 5.97 Å². The molecule has 2 atom stereocenters. The molecule has 0 aliphatic carbocycles. The number of nitrogens with zero attached hydrogens (tertiary/aromatic N) is 1. The molecule has 0 aromatic heterocycles. The third-order valence-electron chi connectivity index (χ3n) is 3.24. The molecule has 6 heteroatoms. The topological polar surface area (TPSA) is 76.1 Å². The van der Waals surface area contributed by atoms with Crippen LogP contribution in [0, 0.1) is 5.41 Å². The molecule has 2 heterocycles. The molecule has 0 aromatic rings. The van der Waals surface area contributed by atoms with Crippen LogP contribution in [0.4, 0.5) is 0 Å². The zero-order valence-electron chi connectivity index (χ0n) is 11.6.